The molecule has 0 atom stereocenters. The fourth-order valence-corrected chi connectivity index (χ4v) is 4.26. The van der Waals surface area contributed by atoms with Crippen molar-refractivity contribution in [2.24, 2.45) is 0 Å². The zero-order valence-electron chi connectivity index (χ0n) is 18.7. The molecule has 5 rings (SSSR count). The first-order chi connectivity index (χ1) is 17.0. The summed E-state index contributed by atoms with van der Waals surface area (Å²) in [5.41, 5.74) is 9.48. The van der Waals surface area contributed by atoms with Gasteiger partial charge in [-0.25, -0.2) is 15.0 Å². The van der Waals surface area contributed by atoms with E-state index in [-0.39, 0.29) is 17.9 Å². The molecule has 0 unspecified atom stereocenters. The predicted molar refractivity (Wildman–Crippen MR) is 124 cm³/mol. The summed E-state index contributed by atoms with van der Waals surface area (Å²) >= 11 is 0. The van der Waals surface area contributed by atoms with Crippen molar-refractivity contribution in [2.75, 3.05) is 17.7 Å². The van der Waals surface area contributed by atoms with Crippen LogP contribution < -0.4 is 21.1 Å². The maximum Gasteiger partial charge on any atom is 0.345 e. The van der Waals surface area contributed by atoms with Crippen LogP contribution in [0.2, 0.25) is 0 Å². The van der Waals surface area contributed by atoms with Crippen LogP contribution in [-0.4, -0.2) is 46.2 Å². The van der Waals surface area contributed by atoms with E-state index >= 15 is 0 Å². The lowest BCUT2D eigenvalue weighted by Crippen LogP contribution is -2.48. The van der Waals surface area contributed by atoms with Gasteiger partial charge < -0.3 is 25.8 Å². The van der Waals surface area contributed by atoms with E-state index in [0.717, 1.165) is 22.4 Å². The Balaban J connectivity index is 1.23. The quantitative estimate of drug-likeness (QED) is 0.447. The van der Waals surface area contributed by atoms with Crippen molar-refractivity contribution in [2.45, 2.75) is 44.6 Å². The highest BCUT2D eigenvalue weighted by Crippen LogP contribution is 2.39. The van der Waals surface area contributed by atoms with Gasteiger partial charge >= 0.3 is 6.61 Å². The van der Waals surface area contributed by atoms with Crippen molar-refractivity contribution in [3.63, 3.8) is 0 Å². The number of benzene rings is 1. The zero-order chi connectivity index (χ0) is 24.4. The molecule has 2 aromatic heterocycles. The van der Waals surface area contributed by atoms with Gasteiger partial charge in [0.25, 0.3) is 5.91 Å². The number of nitrogen functional groups attached to an aromatic ring is 1. The Hall–Kier alpha value is -3.86. The van der Waals surface area contributed by atoms with Crippen LogP contribution in [0.3, 0.4) is 0 Å². The van der Waals surface area contributed by atoms with Crippen LogP contribution in [0.5, 0.6) is 5.75 Å². The second-order valence-corrected chi connectivity index (χ2v) is 8.44. The van der Waals surface area contributed by atoms with Gasteiger partial charge in [-0.1, -0.05) is 12.1 Å². The van der Waals surface area contributed by atoms with Gasteiger partial charge in [-0.3, -0.25) is 4.79 Å². The summed E-state index contributed by atoms with van der Waals surface area (Å²) in [6.07, 6.45) is 4.25. The summed E-state index contributed by atoms with van der Waals surface area (Å²) in [7, 11) is 0. The van der Waals surface area contributed by atoms with E-state index in [2.05, 4.69) is 30.3 Å². The van der Waals surface area contributed by atoms with E-state index in [1.165, 1.54) is 0 Å². The van der Waals surface area contributed by atoms with Crippen molar-refractivity contribution < 1.29 is 23.0 Å². The molecule has 1 amide bonds. The highest BCUT2D eigenvalue weighted by atomic mass is 19.3. The van der Waals surface area contributed by atoms with Crippen LogP contribution in [0.15, 0.2) is 42.7 Å². The number of anilines is 2. The number of carbonyl (C=O) groups excluding carboxylic acids is 1. The first kappa shape index (κ1) is 22.9. The minimum absolute atomic E-state index is 0.163. The molecule has 3 aromatic rings. The van der Waals surface area contributed by atoms with E-state index in [1.807, 2.05) is 6.07 Å². The molecule has 0 bridgehead atoms. The second-order valence-electron chi connectivity index (χ2n) is 8.44. The lowest BCUT2D eigenvalue weighted by atomic mass is 9.89. The van der Waals surface area contributed by atoms with E-state index < -0.39 is 12.7 Å². The van der Waals surface area contributed by atoms with Gasteiger partial charge in [-0.2, -0.15) is 8.78 Å². The molecule has 3 heterocycles. The fraction of sp³-hybridized carbons (Fsp3) is 0.333. The Kier molecular flexibility index (Phi) is 6.41. The molecule has 0 radical (unpaired) electrons. The molecule has 0 spiro atoms. The summed E-state index contributed by atoms with van der Waals surface area (Å²) in [6, 6.07) is 8.82. The van der Waals surface area contributed by atoms with Gasteiger partial charge in [-0.15, -0.1) is 0 Å². The lowest BCUT2D eigenvalue weighted by molar-refractivity contribution is -0.184. The van der Waals surface area contributed by atoms with E-state index in [0.29, 0.717) is 49.5 Å². The number of halogens is 2. The van der Waals surface area contributed by atoms with Gasteiger partial charge in [-0.05, 0) is 36.6 Å². The minimum atomic E-state index is -2.79. The number of nitrogens with one attached hydrogen (secondary N) is 2. The number of rotatable bonds is 8. The van der Waals surface area contributed by atoms with Crippen LogP contribution >= 0.6 is 0 Å². The largest absolute Gasteiger partial charge is 0.492 e. The molecule has 0 saturated heterocycles. The van der Waals surface area contributed by atoms with Gasteiger partial charge in [0, 0.05) is 42.5 Å². The normalized spacial score (nSPS) is 18.5. The number of hydrogen-bond acceptors (Lipinski definition) is 8. The Labute approximate surface area is 200 Å². The number of pyridine rings is 1. The average molecular weight is 482 g/mol. The van der Waals surface area contributed by atoms with Crippen LogP contribution in [0, 0.1) is 0 Å². The van der Waals surface area contributed by atoms with Gasteiger partial charge in [0.1, 0.15) is 11.6 Å². The number of aromatic nitrogens is 3. The third-order valence-electron chi connectivity index (χ3n) is 6.05. The molecule has 35 heavy (non-hydrogen) atoms. The number of alkyl halides is 2. The summed E-state index contributed by atoms with van der Waals surface area (Å²) in [6.45, 7) is -1.79. The molecule has 4 N–H and O–H groups in total. The van der Waals surface area contributed by atoms with Crippen molar-refractivity contribution in [1.29, 1.82) is 0 Å². The molecule has 11 heteroatoms. The first-order valence-corrected chi connectivity index (χ1v) is 11.3. The van der Waals surface area contributed by atoms with E-state index in [4.69, 9.17) is 10.5 Å². The molecule has 1 aliphatic carbocycles. The number of nitrogens with zero attached hydrogens (tertiary/aromatic N) is 3. The maximum atomic E-state index is 12.6. The van der Waals surface area contributed by atoms with Crippen molar-refractivity contribution >= 4 is 17.7 Å². The summed E-state index contributed by atoms with van der Waals surface area (Å²) in [4.78, 5) is 25.4. The van der Waals surface area contributed by atoms with Crippen LogP contribution in [-0.2, 0) is 17.7 Å². The Bertz CT molecular complexity index is 1240. The Morgan fingerprint density at radius 3 is 2.91 bits per heavy atom. The monoisotopic (exact) mass is 482 g/mol. The second kappa shape index (κ2) is 9.79. The first-order valence-electron chi connectivity index (χ1n) is 11.3. The molecular weight excluding hydrogens is 458 g/mol. The molecule has 182 valence electrons. The van der Waals surface area contributed by atoms with Crippen molar-refractivity contribution in [1.82, 2.24) is 20.3 Å². The number of ether oxygens (including phenoxy) is 2. The smallest absolute Gasteiger partial charge is 0.345 e. The third-order valence-corrected chi connectivity index (χ3v) is 6.05. The number of amides is 1. The topological polar surface area (TPSA) is 124 Å². The molecule has 1 aromatic carbocycles. The number of nitrogens with two attached hydrogens (primary N) is 1. The van der Waals surface area contributed by atoms with Gasteiger partial charge in [0.2, 0.25) is 5.95 Å². The Morgan fingerprint density at radius 1 is 1.26 bits per heavy atom. The standard InChI is InChI=1S/C24H24F2N6O3/c25-23(26)35-16-9-15(10-16)31-22(33)14-3-1-2-13(8-14)11-29-21-17-5-7-34-20(17)18(12-30-21)19-4-6-28-24(27)32-19/h1-4,6,8,12,15-16,23H,5,7,9-11H2,(H,29,30)(H,31,33)(H2,27,28,32). The molecule has 1 aliphatic heterocycles. The van der Waals surface area contributed by atoms with Crippen LogP contribution in [0.4, 0.5) is 20.5 Å². The third kappa shape index (κ3) is 5.14. The van der Waals surface area contributed by atoms with Crippen molar-refractivity contribution in [3.8, 4) is 17.0 Å². The van der Waals surface area contributed by atoms with Crippen LogP contribution in [0.25, 0.3) is 11.3 Å². The molecule has 2 aliphatic rings. The van der Waals surface area contributed by atoms with Crippen LogP contribution in [0.1, 0.15) is 34.3 Å². The van der Waals surface area contributed by atoms with E-state index in [9.17, 15) is 13.6 Å². The maximum absolute atomic E-state index is 12.6. The molecular formula is C24H24F2N6O3. The highest BCUT2D eigenvalue weighted by Gasteiger charge is 2.33. The molecule has 1 saturated carbocycles. The number of hydrogen-bond donors (Lipinski definition) is 3. The lowest BCUT2D eigenvalue weighted by Gasteiger charge is -2.35. The molecule has 9 nitrogen and oxygen atoms in total. The minimum Gasteiger partial charge on any atom is -0.492 e. The zero-order valence-corrected chi connectivity index (χ0v) is 18.7. The SMILES string of the molecule is Nc1nccc(-c2cnc(NCc3cccc(C(=O)NC4CC(OC(F)F)C4)c3)c3c2OCC3)n1. The van der Waals surface area contributed by atoms with E-state index in [1.54, 1.807) is 36.7 Å². The fourth-order valence-electron chi connectivity index (χ4n) is 4.26. The van der Waals surface area contributed by atoms with Crippen molar-refractivity contribution in [3.05, 3.63) is 59.4 Å². The predicted octanol–water partition coefficient (Wildman–Crippen LogP) is 3.17. The average Bonchev–Trinajstić information content (AvgIpc) is 3.31. The summed E-state index contributed by atoms with van der Waals surface area (Å²) in [5.74, 6) is 1.37. The highest BCUT2D eigenvalue weighted by molar-refractivity contribution is 5.94. The van der Waals surface area contributed by atoms with Gasteiger partial charge in [0.05, 0.1) is 24.0 Å². The van der Waals surface area contributed by atoms with Gasteiger partial charge in [0.15, 0.2) is 0 Å². The Morgan fingerprint density at radius 2 is 2.11 bits per heavy atom. The number of fused-ring (bicyclic) bond motifs is 1. The molecule has 1 fully saturated rings. The summed E-state index contributed by atoms with van der Waals surface area (Å²) < 4.78 is 34.8. The summed E-state index contributed by atoms with van der Waals surface area (Å²) in [5, 5.41) is 6.20. The number of carbonyl (C=O) groups is 1.